The van der Waals surface area contributed by atoms with E-state index in [4.69, 9.17) is 24.9 Å². The van der Waals surface area contributed by atoms with Gasteiger partial charge in [0.1, 0.15) is 0 Å². The summed E-state index contributed by atoms with van der Waals surface area (Å²) in [7, 11) is 0. The van der Waals surface area contributed by atoms with Gasteiger partial charge in [-0.1, -0.05) is 243 Å². The average molecular weight is 1200 g/mol. The van der Waals surface area contributed by atoms with E-state index in [1.165, 1.54) is 27.8 Å². The van der Waals surface area contributed by atoms with Gasteiger partial charge in [-0.25, -0.2) is 24.9 Å². The number of rotatable bonds is 11. The Balaban J connectivity index is 0.809. The van der Waals surface area contributed by atoms with Crippen LogP contribution < -0.4 is 26.2 Å². The lowest BCUT2D eigenvalue weighted by molar-refractivity contribution is 1.06. The average Bonchev–Trinajstić information content (AvgIpc) is 0.838. The summed E-state index contributed by atoms with van der Waals surface area (Å²) in [6.07, 6.45) is 0. The summed E-state index contributed by atoms with van der Waals surface area (Å²) < 4.78 is 2.37. The highest BCUT2D eigenvalue weighted by Crippen LogP contribution is 2.46. The van der Waals surface area contributed by atoms with Crippen molar-refractivity contribution in [1.82, 2.24) is 29.5 Å². The van der Waals surface area contributed by atoms with Gasteiger partial charge in [-0.15, -0.1) is 0 Å². The number of anilines is 6. The third kappa shape index (κ3) is 9.36. The number of hydrogen-bond acceptors (Lipinski definition) is 7. The molecule has 94 heavy (non-hydrogen) atoms. The number of para-hydroxylation sites is 4. The molecule has 16 aromatic rings. The lowest BCUT2D eigenvalue weighted by Gasteiger charge is -2.44. The third-order valence-corrected chi connectivity index (χ3v) is 18.4. The van der Waals surface area contributed by atoms with E-state index in [-0.39, 0.29) is 6.71 Å². The zero-order valence-corrected chi connectivity index (χ0v) is 50.9. The molecule has 8 nitrogen and oxygen atoms in total. The minimum Gasteiger partial charge on any atom is -0.311 e. The highest BCUT2D eigenvalue weighted by atomic mass is 15.2. The summed E-state index contributed by atoms with van der Waals surface area (Å²) in [5, 5.41) is 2.28. The van der Waals surface area contributed by atoms with Gasteiger partial charge < -0.3 is 14.4 Å². The smallest absolute Gasteiger partial charge is 0.252 e. The van der Waals surface area contributed by atoms with Crippen molar-refractivity contribution in [2.24, 2.45) is 0 Å². The molecular weight excluding hydrogens is 1140 g/mol. The quantitative estimate of drug-likeness (QED) is 0.119. The van der Waals surface area contributed by atoms with Crippen molar-refractivity contribution in [1.29, 1.82) is 0 Å². The molecule has 2 aliphatic rings. The van der Waals surface area contributed by atoms with Crippen molar-refractivity contribution in [2.45, 2.75) is 0 Å². The largest absolute Gasteiger partial charge is 0.311 e. The Hall–Kier alpha value is -12.6. The molecule has 0 saturated heterocycles. The Labute approximate surface area is 544 Å². The van der Waals surface area contributed by atoms with Crippen molar-refractivity contribution in [3.8, 4) is 96.0 Å². The van der Waals surface area contributed by atoms with Crippen LogP contribution in [0.25, 0.3) is 118 Å². The molecule has 0 unspecified atom stereocenters. The van der Waals surface area contributed by atoms with E-state index in [9.17, 15) is 0 Å². The first-order valence-corrected chi connectivity index (χ1v) is 31.8. The van der Waals surface area contributed by atoms with Crippen LogP contribution >= 0.6 is 0 Å². The molecular formula is C85H55BN8. The lowest BCUT2D eigenvalue weighted by Crippen LogP contribution is -2.61. The SMILES string of the molecule is c1ccc(-c2ccc3c(c2)c2ccccc2n3-c2ccc(-c3cc(-c4ccccc4)nc(-c4ccccc4)n3)cc2-c2nc(-c3ccccc3)nc(-c3cccc(-c4cccc(N5c6ccccc6B6c7ccccc7N(c7ccccc7)c7cccc5c76)c4)c3)n2)cc1. The maximum Gasteiger partial charge on any atom is 0.252 e. The molecule has 0 bridgehead atoms. The van der Waals surface area contributed by atoms with E-state index in [1.807, 2.05) is 54.6 Å². The molecule has 0 amide bonds. The van der Waals surface area contributed by atoms with E-state index in [0.717, 1.165) is 117 Å². The number of nitrogens with zero attached hydrogens (tertiary/aromatic N) is 8. The molecule has 438 valence electrons. The van der Waals surface area contributed by atoms with E-state index in [2.05, 4.69) is 293 Å². The Kier molecular flexibility index (Phi) is 13.1. The first-order chi connectivity index (χ1) is 46.6. The number of benzene rings is 13. The lowest BCUT2D eigenvalue weighted by atomic mass is 9.33. The van der Waals surface area contributed by atoms with Gasteiger partial charge in [-0.2, -0.15) is 0 Å². The maximum absolute atomic E-state index is 5.62. The molecule has 18 rings (SSSR count). The van der Waals surface area contributed by atoms with Crippen molar-refractivity contribution < 1.29 is 0 Å². The molecule has 0 saturated carbocycles. The van der Waals surface area contributed by atoms with E-state index >= 15 is 0 Å². The van der Waals surface area contributed by atoms with Crippen LogP contribution in [0.1, 0.15) is 0 Å². The Morgan fingerprint density at radius 2 is 0.681 bits per heavy atom. The fourth-order valence-corrected chi connectivity index (χ4v) is 14.2. The van der Waals surface area contributed by atoms with Crippen molar-refractivity contribution >= 4 is 79.0 Å². The maximum atomic E-state index is 5.62. The van der Waals surface area contributed by atoms with Gasteiger partial charge in [0.2, 0.25) is 0 Å². The van der Waals surface area contributed by atoms with Crippen molar-refractivity contribution in [3.63, 3.8) is 0 Å². The summed E-state index contributed by atoms with van der Waals surface area (Å²) >= 11 is 0. The normalized spacial score (nSPS) is 12.2. The predicted octanol–water partition coefficient (Wildman–Crippen LogP) is 19.2. The summed E-state index contributed by atoms with van der Waals surface area (Å²) in [6.45, 7) is 0.0432. The van der Waals surface area contributed by atoms with Gasteiger partial charge in [0.05, 0.1) is 28.1 Å². The summed E-state index contributed by atoms with van der Waals surface area (Å²) in [6, 6.07) is 118. The first kappa shape index (κ1) is 54.4. The van der Waals surface area contributed by atoms with Gasteiger partial charge in [0, 0.05) is 78.3 Å². The number of hydrogen-bond donors (Lipinski definition) is 0. The zero-order valence-electron chi connectivity index (χ0n) is 50.9. The number of aromatic nitrogens is 6. The van der Waals surface area contributed by atoms with Crippen LogP contribution in [0, 0.1) is 0 Å². The van der Waals surface area contributed by atoms with Crippen LogP contribution in [0.5, 0.6) is 0 Å². The molecule has 0 atom stereocenters. The van der Waals surface area contributed by atoms with Crippen LogP contribution in [0.3, 0.4) is 0 Å². The van der Waals surface area contributed by atoms with Crippen molar-refractivity contribution in [3.05, 3.63) is 334 Å². The standard InChI is InChI=1S/C85H55BN8/c1-6-25-56(26-7-1)62-47-49-75-68(53-62)67-39-16-19-42-74(67)94(75)76-50-48-63(73-55-72(57-27-8-2-9-28-57)87-82(88-73)58-29-10-3-11-30-58)54-69(76)85-90-83(59-31-12-4-13-32-59)89-84(91-85)64-35-22-33-60(51-64)61-34-23-38-66(52-61)93-78-44-21-18-41-71(78)86-70-40-17-20-43-77(70)92(65-36-14-5-15-37-65)79-45-24-46-80(93)81(79)86/h1-55H. The van der Waals surface area contributed by atoms with Crippen LogP contribution in [-0.4, -0.2) is 36.2 Å². The zero-order chi connectivity index (χ0) is 62.1. The number of fused-ring (bicyclic) bond motifs is 7. The molecule has 0 N–H and O–H groups in total. The second kappa shape index (κ2) is 22.7. The highest BCUT2D eigenvalue weighted by Gasteiger charge is 2.43. The van der Waals surface area contributed by atoms with Gasteiger partial charge in [-0.05, 0) is 130 Å². The third-order valence-electron chi connectivity index (χ3n) is 18.4. The van der Waals surface area contributed by atoms with Crippen molar-refractivity contribution in [2.75, 3.05) is 9.80 Å². The van der Waals surface area contributed by atoms with Gasteiger partial charge >= 0.3 is 0 Å². The van der Waals surface area contributed by atoms with Crippen LogP contribution in [0.15, 0.2) is 334 Å². The summed E-state index contributed by atoms with van der Waals surface area (Å²) in [5.74, 6) is 2.25. The Bertz CT molecular complexity index is 5530. The summed E-state index contributed by atoms with van der Waals surface area (Å²) in [5.41, 5.74) is 25.1. The topological polar surface area (TPSA) is 75.9 Å². The molecule has 0 radical (unpaired) electrons. The molecule has 2 aliphatic heterocycles. The second-order valence-electron chi connectivity index (χ2n) is 23.9. The Morgan fingerprint density at radius 3 is 1.36 bits per heavy atom. The van der Waals surface area contributed by atoms with Crippen LogP contribution in [-0.2, 0) is 0 Å². The molecule has 13 aromatic carbocycles. The second-order valence-corrected chi connectivity index (χ2v) is 23.9. The van der Waals surface area contributed by atoms with Gasteiger partial charge in [0.15, 0.2) is 23.3 Å². The molecule has 9 heteroatoms. The molecule has 0 fully saturated rings. The first-order valence-electron chi connectivity index (χ1n) is 31.8. The minimum atomic E-state index is 0.0432. The monoisotopic (exact) mass is 1200 g/mol. The predicted molar refractivity (Wildman–Crippen MR) is 387 cm³/mol. The van der Waals surface area contributed by atoms with E-state index < -0.39 is 0 Å². The molecule has 0 spiro atoms. The summed E-state index contributed by atoms with van der Waals surface area (Å²) in [4.78, 5) is 31.9. The van der Waals surface area contributed by atoms with Gasteiger partial charge in [0.25, 0.3) is 6.71 Å². The van der Waals surface area contributed by atoms with E-state index in [0.29, 0.717) is 23.3 Å². The highest BCUT2D eigenvalue weighted by molar-refractivity contribution is 7.00. The van der Waals surface area contributed by atoms with Gasteiger partial charge in [-0.3, -0.25) is 0 Å². The fourth-order valence-electron chi connectivity index (χ4n) is 14.2. The fraction of sp³-hybridized carbons (Fsp3) is 0. The molecule has 3 aromatic heterocycles. The molecule has 0 aliphatic carbocycles. The Morgan fingerprint density at radius 1 is 0.234 bits per heavy atom. The van der Waals surface area contributed by atoms with Crippen LogP contribution in [0.2, 0.25) is 0 Å². The minimum absolute atomic E-state index is 0.0432. The van der Waals surface area contributed by atoms with E-state index in [1.54, 1.807) is 0 Å². The molecule has 5 heterocycles. The van der Waals surface area contributed by atoms with Crippen LogP contribution in [0.4, 0.5) is 34.1 Å².